The first kappa shape index (κ1) is 14.6. The fourth-order valence-electron chi connectivity index (χ4n) is 1.81. The summed E-state index contributed by atoms with van der Waals surface area (Å²) < 4.78 is 28.7. The van der Waals surface area contributed by atoms with Gasteiger partial charge in [-0.3, -0.25) is 0 Å². The van der Waals surface area contributed by atoms with Crippen molar-refractivity contribution >= 4 is 9.84 Å². The van der Waals surface area contributed by atoms with E-state index in [2.05, 4.69) is 0 Å². The van der Waals surface area contributed by atoms with Gasteiger partial charge in [0.1, 0.15) is 11.5 Å². The highest BCUT2D eigenvalue weighted by Crippen LogP contribution is 2.30. The number of hydrogen-bond acceptors (Lipinski definition) is 4. The Bertz CT molecular complexity index is 705. The van der Waals surface area contributed by atoms with Crippen LogP contribution in [0.4, 0.5) is 0 Å². The van der Waals surface area contributed by atoms with Gasteiger partial charge in [0, 0.05) is 11.8 Å². The van der Waals surface area contributed by atoms with Gasteiger partial charge < -0.3 is 9.84 Å². The predicted molar refractivity (Wildman–Crippen MR) is 76.7 cm³/mol. The van der Waals surface area contributed by atoms with E-state index in [1.165, 1.54) is 12.1 Å². The number of rotatable bonds is 4. The Morgan fingerprint density at radius 1 is 1.10 bits per heavy atom. The Labute approximate surface area is 118 Å². The minimum absolute atomic E-state index is 0.199. The first-order valence-corrected chi connectivity index (χ1v) is 8.02. The molecule has 20 heavy (non-hydrogen) atoms. The predicted octanol–water partition coefficient (Wildman–Crippen LogP) is 2.94. The summed E-state index contributed by atoms with van der Waals surface area (Å²) in [7, 11) is -3.27. The number of benzene rings is 2. The Balaban J connectivity index is 2.36. The van der Waals surface area contributed by atoms with Crippen molar-refractivity contribution in [2.24, 2.45) is 0 Å². The molecule has 0 aromatic heterocycles. The van der Waals surface area contributed by atoms with Crippen molar-refractivity contribution in [3.05, 3.63) is 54.1 Å². The molecule has 0 saturated heterocycles. The second kappa shape index (κ2) is 5.64. The van der Waals surface area contributed by atoms with Crippen LogP contribution in [0.5, 0.6) is 11.5 Å². The van der Waals surface area contributed by atoms with Crippen LogP contribution in [0.2, 0.25) is 0 Å². The second-order valence-corrected chi connectivity index (χ2v) is 6.58. The van der Waals surface area contributed by atoms with Crippen LogP contribution >= 0.6 is 0 Å². The molecule has 4 nitrogen and oxygen atoms in total. The minimum atomic E-state index is -3.27. The average molecular weight is 292 g/mol. The van der Waals surface area contributed by atoms with Crippen molar-refractivity contribution in [1.82, 2.24) is 0 Å². The second-order valence-electron chi connectivity index (χ2n) is 4.56. The molecule has 5 heteroatoms. The van der Waals surface area contributed by atoms with Gasteiger partial charge in [0.2, 0.25) is 0 Å². The molecule has 0 amide bonds. The number of sulfone groups is 1. The Kier molecular flexibility index (Phi) is 4.11. The molecule has 0 radical (unpaired) electrons. The molecule has 0 bridgehead atoms. The van der Waals surface area contributed by atoms with Crippen molar-refractivity contribution < 1.29 is 18.3 Å². The molecular weight excluding hydrogens is 276 g/mol. The van der Waals surface area contributed by atoms with Crippen LogP contribution in [0.3, 0.4) is 0 Å². The molecule has 1 N–H and O–H groups in total. The van der Waals surface area contributed by atoms with Crippen molar-refractivity contribution in [2.45, 2.75) is 17.9 Å². The maximum absolute atomic E-state index is 11.5. The molecule has 0 aliphatic rings. The summed E-state index contributed by atoms with van der Waals surface area (Å²) in [5.74, 6) is 0.925. The summed E-state index contributed by atoms with van der Waals surface area (Å²) in [4.78, 5) is 0.199. The van der Waals surface area contributed by atoms with Gasteiger partial charge in [0.05, 0.1) is 11.0 Å². The van der Waals surface area contributed by atoms with Crippen LogP contribution < -0.4 is 4.74 Å². The maximum Gasteiger partial charge on any atom is 0.175 e. The van der Waals surface area contributed by atoms with Crippen molar-refractivity contribution in [1.29, 1.82) is 0 Å². The van der Waals surface area contributed by atoms with Crippen molar-refractivity contribution in [2.75, 3.05) is 6.26 Å². The largest absolute Gasteiger partial charge is 0.457 e. The van der Waals surface area contributed by atoms with E-state index in [0.717, 1.165) is 6.26 Å². The zero-order chi connectivity index (χ0) is 14.8. The number of para-hydroxylation sites is 1. The first-order valence-electron chi connectivity index (χ1n) is 6.13. The minimum Gasteiger partial charge on any atom is -0.457 e. The zero-order valence-electron chi connectivity index (χ0n) is 11.3. The summed E-state index contributed by atoms with van der Waals surface area (Å²) in [6.45, 7) is 1.65. The van der Waals surface area contributed by atoms with Gasteiger partial charge in [0.25, 0.3) is 0 Å². The maximum atomic E-state index is 11.5. The van der Waals surface area contributed by atoms with Gasteiger partial charge >= 0.3 is 0 Å². The van der Waals surface area contributed by atoms with Crippen molar-refractivity contribution in [3.8, 4) is 11.5 Å². The highest BCUT2D eigenvalue weighted by Gasteiger charge is 2.11. The molecule has 2 aromatic carbocycles. The lowest BCUT2D eigenvalue weighted by Crippen LogP contribution is -1.98. The molecule has 0 aliphatic heterocycles. The lowest BCUT2D eigenvalue weighted by Gasteiger charge is -2.13. The van der Waals surface area contributed by atoms with Crippen LogP contribution in [0.25, 0.3) is 0 Å². The molecule has 0 saturated carbocycles. The van der Waals surface area contributed by atoms with Gasteiger partial charge in [-0.1, -0.05) is 24.3 Å². The molecule has 0 fully saturated rings. The van der Waals surface area contributed by atoms with Crippen LogP contribution in [-0.4, -0.2) is 19.8 Å². The summed E-state index contributed by atoms with van der Waals surface area (Å²) >= 11 is 0. The van der Waals surface area contributed by atoms with Crippen LogP contribution in [0.15, 0.2) is 53.4 Å². The van der Waals surface area contributed by atoms with E-state index in [4.69, 9.17) is 4.74 Å². The van der Waals surface area contributed by atoms with Gasteiger partial charge in [0.15, 0.2) is 9.84 Å². The smallest absolute Gasteiger partial charge is 0.175 e. The van der Waals surface area contributed by atoms with E-state index in [0.29, 0.717) is 17.1 Å². The zero-order valence-corrected chi connectivity index (χ0v) is 12.1. The van der Waals surface area contributed by atoms with E-state index in [1.54, 1.807) is 37.3 Å². The van der Waals surface area contributed by atoms with E-state index >= 15 is 0 Å². The van der Waals surface area contributed by atoms with E-state index in [9.17, 15) is 13.5 Å². The molecule has 2 rings (SSSR count). The molecule has 1 unspecified atom stereocenters. The molecule has 0 heterocycles. The fourth-order valence-corrected chi connectivity index (χ4v) is 2.47. The normalized spacial score (nSPS) is 12.9. The lowest BCUT2D eigenvalue weighted by molar-refractivity contribution is 0.195. The Morgan fingerprint density at radius 3 is 2.45 bits per heavy atom. The summed E-state index contributed by atoms with van der Waals surface area (Å²) in [5.41, 5.74) is 0.650. The fraction of sp³-hybridized carbons (Fsp3) is 0.200. The molecule has 0 spiro atoms. The lowest BCUT2D eigenvalue weighted by atomic mass is 10.1. The van der Waals surface area contributed by atoms with Gasteiger partial charge in [-0.2, -0.15) is 0 Å². The van der Waals surface area contributed by atoms with Crippen molar-refractivity contribution in [3.63, 3.8) is 0 Å². The van der Waals surface area contributed by atoms with E-state index < -0.39 is 15.9 Å². The number of aliphatic hydroxyl groups excluding tert-OH is 1. The number of aliphatic hydroxyl groups is 1. The molecular formula is C15H16O4S. The third kappa shape index (κ3) is 3.37. The SMILES string of the molecule is CC(O)c1ccccc1Oc1cccc(S(C)(=O)=O)c1. The summed E-state index contributed by atoms with van der Waals surface area (Å²) in [5, 5.41) is 9.69. The van der Waals surface area contributed by atoms with Gasteiger partial charge in [-0.25, -0.2) is 8.42 Å². The van der Waals surface area contributed by atoms with Gasteiger partial charge in [-0.15, -0.1) is 0 Å². The molecule has 0 aliphatic carbocycles. The highest BCUT2D eigenvalue weighted by molar-refractivity contribution is 7.90. The quantitative estimate of drug-likeness (QED) is 0.941. The first-order chi connectivity index (χ1) is 9.38. The monoisotopic (exact) mass is 292 g/mol. The van der Waals surface area contributed by atoms with Crippen LogP contribution in [-0.2, 0) is 9.84 Å². The van der Waals surface area contributed by atoms with E-state index in [-0.39, 0.29) is 4.90 Å². The van der Waals surface area contributed by atoms with Gasteiger partial charge in [-0.05, 0) is 31.2 Å². The molecule has 1 atom stereocenters. The standard InChI is InChI=1S/C15H16O4S/c1-11(16)14-8-3-4-9-15(14)19-12-6-5-7-13(10-12)20(2,17)18/h3-11,16H,1-2H3. The number of hydrogen-bond donors (Lipinski definition) is 1. The third-order valence-electron chi connectivity index (χ3n) is 2.83. The van der Waals surface area contributed by atoms with E-state index in [1.807, 2.05) is 6.07 Å². The summed E-state index contributed by atoms with van der Waals surface area (Å²) in [6, 6.07) is 13.4. The van der Waals surface area contributed by atoms with Crippen LogP contribution in [0, 0.1) is 0 Å². The summed E-state index contributed by atoms with van der Waals surface area (Å²) in [6.07, 6.45) is 0.486. The Morgan fingerprint density at radius 2 is 1.80 bits per heavy atom. The highest BCUT2D eigenvalue weighted by atomic mass is 32.2. The Hall–Kier alpha value is -1.85. The topological polar surface area (TPSA) is 63.6 Å². The number of ether oxygens (including phenoxy) is 1. The molecule has 106 valence electrons. The van der Waals surface area contributed by atoms with Crippen LogP contribution in [0.1, 0.15) is 18.6 Å². The average Bonchev–Trinajstić information content (AvgIpc) is 2.38. The molecule has 2 aromatic rings. The third-order valence-corrected chi connectivity index (χ3v) is 3.94.